The summed E-state index contributed by atoms with van der Waals surface area (Å²) in [5.74, 6) is 2.75. The highest BCUT2D eigenvalue weighted by Crippen LogP contribution is 2.35. The Kier molecular flexibility index (Phi) is 7.56. The van der Waals surface area contributed by atoms with Gasteiger partial charge in [0, 0.05) is 19.0 Å². The molecule has 0 spiro atoms. The van der Waals surface area contributed by atoms with E-state index in [9.17, 15) is 5.11 Å². The molecule has 2 N–H and O–H groups in total. The maximum atomic E-state index is 10.5. The summed E-state index contributed by atoms with van der Waals surface area (Å²) in [6.07, 6.45) is 7.22. The molecule has 2 aromatic carbocycles. The fraction of sp³-hybridized carbons (Fsp3) is 0.407. The first-order valence-electron chi connectivity index (χ1n) is 11.6. The lowest BCUT2D eigenvalue weighted by atomic mass is 9.88. The number of ether oxygens (including phenoxy) is 1. The number of aryl methyl sites for hydroxylation is 3. The monoisotopic (exact) mass is 453 g/mol. The Morgan fingerprint density at radius 2 is 1.75 bits per heavy atom. The van der Waals surface area contributed by atoms with Crippen molar-refractivity contribution in [1.29, 1.82) is 0 Å². The van der Waals surface area contributed by atoms with Crippen LogP contribution in [0.3, 0.4) is 0 Å². The van der Waals surface area contributed by atoms with Crippen molar-refractivity contribution in [3.05, 3.63) is 77.0 Å². The Balaban J connectivity index is 0.00000245. The number of para-hydroxylation sites is 1. The summed E-state index contributed by atoms with van der Waals surface area (Å²) >= 11 is 0. The highest BCUT2D eigenvalue weighted by molar-refractivity contribution is 5.85. The fourth-order valence-electron chi connectivity index (χ4n) is 4.84. The molecule has 0 bridgehead atoms. The molecule has 2 atom stereocenters. The van der Waals surface area contributed by atoms with Crippen LogP contribution in [0.25, 0.3) is 11.3 Å². The zero-order valence-corrected chi connectivity index (χ0v) is 19.2. The topological polar surface area (TPSA) is 54.6 Å². The van der Waals surface area contributed by atoms with Crippen molar-refractivity contribution in [1.82, 2.24) is 5.32 Å². The Labute approximate surface area is 196 Å². The molecular formula is C27H32ClNO3. The average molecular weight is 454 g/mol. The van der Waals surface area contributed by atoms with E-state index in [0.29, 0.717) is 12.6 Å². The standard InChI is InChI=1S/C27H31NO3.ClH/c29-23(17-28-22-14-13-19-7-1-2-8-20(19)15-22)18-30-26-12-6-4-10-24(26)27-16-21-9-3-5-11-25(21)31-27;/h1-2,4,6-8,10,12,16,22-23,28-29H,3,5,9,11,13-15,17-18H2;1H. The van der Waals surface area contributed by atoms with E-state index in [-0.39, 0.29) is 19.0 Å². The van der Waals surface area contributed by atoms with Gasteiger partial charge >= 0.3 is 0 Å². The zero-order valence-electron chi connectivity index (χ0n) is 18.4. The number of rotatable bonds is 7. The van der Waals surface area contributed by atoms with E-state index in [4.69, 9.17) is 9.15 Å². The van der Waals surface area contributed by atoms with Gasteiger partial charge in [0.15, 0.2) is 0 Å². The first-order valence-corrected chi connectivity index (χ1v) is 11.6. The minimum atomic E-state index is -0.560. The highest BCUT2D eigenvalue weighted by atomic mass is 35.5. The fourth-order valence-corrected chi connectivity index (χ4v) is 4.84. The van der Waals surface area contributed by atoms with E-state index in [1.54, 1.807) is 0 Å². The number of nitrogens with one attached hydrogen (secondary N) is 1. The van der Waals surface area contributed by atoms with Crippen LogP contribution in [0.15, 0.2) is 59.0 Å². The summed E-state index contributed by atoms with van der Waals surface area (Å²) in [5.41, 5.74) is 5.17. The number of fused-ring (bicyclic) bond motifs is 2. The van der Waals surface area contributed by atoms with Gasteiger partial charge in [0.1, 0.15) is 30.0 Å². The van der Waals surface area contributed by atoms with Gasteiger partial charge in [0.25, 0.3) is 0 Å². The lowest BCUT2D eigenvalue weighted by Gasteiger charge is -2.26. The van der Waals surface area contributed by atoms with Gasteiger partial charge in [0.2, 0.25) is 0 Å². The lowest BCUT2D eigenvalue weighted by Crippen LogP contribution is -2.40. The third-order valence-electron chi connectivity index (χ3n) is 6.57. The van der Waals surface area contributed by atoms with Gasteiger partial charge in [-0.2, -0.15) is 0 Å². The van der Waals surface area contributed by atoms with Gasteiger partial charge < -0.3 is 19.6 Å². The van der Waals surface area contributed by atoms with E-state index >= 15 is 0 Å². The summed E-state index contributed by atoms with van der Waals surface area (Å²) in [7, 11) is 0. The zero-order chi connectivity index (χ0) is 21.0. The maximum absolute atomic E-state index is 10.5. The summed E-state index contributed by atoms with van der Waals surface area (Å²) in [6, 6.07) is 19.2. The molecule has 1 heterocycles. The number of aliphatic hydroxyl groups excluding tert-OH is 1. The molecule has 170 valence electrons. The van der Waals surface area contributed by atoms with E-state index in [1.165, 1.54) is 29.5 Å². The number of halogens is 1. The Bertz CT molecular complexity index is 1010. The smallest absolute Gasteiger partial charge is 0.138 e. The second kappa shape index (κ2) is 10.6. The first kappa shape index (κ1) is 22.9. The quantitative estimate of drug-likeness (QED) is 0.520. The molecule has 2 unspecified atom stereocenters. The van der Waals surface area contributed by atoms with E-state index in [2.05, 4.69) is 35.6 Å². The maximum Gasteiger partial charge on any atom is 0.138 e. The number of hydrogen-bond donors (Lipinski definition) is 2. The molecule has 32 heavy (non-hydrogen) atoms. The molecule has 0 aliphatic heterocycles. The predicted octanol–water partition coefficient (Wildman–Crippen LogP) is 5.13. The molecule has 2 aliphatic carbocycles. The predicted molar refractivity (Wildman–Crippen MR) is 130 cm³/mol. The average Bonchev–Trinajstić information content (AvgIpc) is 3.25. The van der Waals surface area contributed by atoms with Gasteiger partial charge in [-0.15, -0.1) is 12.4 Å². The highest BCUT2D eigenvalue weighted by Gasteiger charge is 2.20. The van der Waals surface area contributed by atoms with Gasteiger partial charge in [0.05, 0.1) is 5.56 Å². The number of benzene rings is 2. The molecule has 0 fully saturated rings. The van der Waals surface area contributed by atoms with Crippen molar-refractivity contribution in [3.8, 4) is 17.1 Å². The molecule has 0 amide bonds. The summed E-state index contributed by atoms with van der Waals surface area (Å²) in [6.45, 7) is 0.789. The minimum Gasteiger partial charge on any atom is -0.490 e. The van der Waals surface area contributed by atoms with E-state index < -0.39 is 6.10 Å². The third-order valence-corrected chi connectivity index (χ3v) is 6.57. The van der Waals surface area contributed by atoms with Gasteiger partial charge in [-0.05, 0) is 73.4 Å². The minimum absolute atomic E-state index is 0. The van der Waals surface area contributed by atoms with Crippen molar-refractivity contribution >= 4 is 12.4 Å². The summed E-state index contributed by atoms with van der Waals surface area (Å²) in [4.78, 5) is 0. The van der Waals surface area contributed by atoms with Crippen LogP contribution in [-0.2, 0) is 25.7 Å². The van der Waals surface area contributed by atoms with E-state index in [1.807, 2.05) is 24.3 Å². The largest absolute Gasteiger partial charge is 0.490 e. The van der Waals surface area contributed by atoms with Crippen LogP contribution < -0.4 is 10.1 Å². The molecule has 0 saturated heterocycles. The molecule has 0 saturated carbocycles. The Morgan fingerprint density at radius 3 is 2.62 bits per heavy atom. The summed E-state index contributed by atoms with van der Waals surface area (Å²) in [5, 5.41) is 14.0. The van der Waals surface area contributed by atoms with Gasteiger partial charge in [-0.3, -0.25) is 0 Å². The van der Waals surface area contributed by atoms with Crippen LogP contribution >= 0.6 is 12.4 Å². The molecule has 5 heteroatoms. The number of aliphatic hydroxyl groups is 1. The van der Waals surface area contributed by atoms with Gasteiger partial charge in [-0.25, -0.2) is 0 Å². The normalized spacial score (nSPS) is 18.2. The van der Waals surface area contributed by atoms with Crippen LogP contribution in [0.1, 0.15) is 41.7 Å². The molecule has 5 rings (SSSR count). The first-order chi connectivity index (χ1) is 15.3. The third kappa shape index (κ3) is 5.20. The Hall–Kier alpha value is -2.27. The van der Waals surface area contributed by atoms with Crippen LogP contribution in [0.5, 0.6) is 5.75 Å². The second-order valence-corrected chi connectivity index (χ2v) is 8.84. The van der Waals surface area contributed by atoms with Crippen molar-refractivity contribution in [3.63, 3.8) is 0 Å². The molecule has 2 aliphatic rings. The number of furan rings is 1. The summed E-state index contributed by atoms with van der Waals surface area (Å²) < 4.78 is 12.2. The molecule has 1 aromatic heterocycles. The van der Waals surface area contributed by atoms with Crippen molar-refractivity contribution in [2.45, 2.75) is 57.1 Å². The SMILES string of the molecule is Cl.OC(CNC1CCc2ccccc2C1)COc1ccccc1-c1cc2c(o1)CCCC2. The van der Waals surface area contributed by atoms with Crippen LogP contribution in [0.2, 0.25) is 0 Å². The molecule has 4 nitrogen and oxygen atoms in total. The number of hydrogen-bond acceptors (Lipinski definition) is 4. The molecule has 3 aromatic rings. The molecule has 0 radical (unpaired) electrons. The molecular weight excluding hydrogens is 422 g/mol. The lowest BCUT2D eigenvalue weighted by molar-refractivity contribution is 0.103. The van der Waals surface area contributed by atoms with E-state index in [0.717, 1.165) is 54.9 Å². The van der Waals surface area contributed by atoms with Crippen molar-refractivity contribution in [2.24, 2.45) is 0 Å². The van der Waals surface area contributed by atoms with Crippen molar-refractivity contribution < 1.29 is 14.3 Å². The Morgan fingerprint density at radius 1 is 0.969 bits per heavy atom. The van der Waals surface area contributed by atoms with Crippen molar-refractivity contribution in [2.75, 3.05) is 13.2 Å². The van der Waals surface area contributed by atoms with Gasteiger partial charge in [-0.1, -0.05) is 36.4 Å². The van der Waals surface area contributed by atoms with Crippen LogP contribution in [0, 0.1) is 0 Å². The van der Waals surface area contributed by atoms with Crippen LogP contribution in [0.4, 0.5) is 0 Å². The second-order valence-electron chi connectivity index (χ2n) is 8.84. The van der Waals surface area contributed by atoms with Crippen LogP contribution in [-0.4, -0.2) is 30.4 Å².